The van der Waals surface area contributed by atoms with E-state index < -0.39 is 0 Å². The van der Waals surface area contributed by atoms with Gasteiger partial charge in [0.1, 0.15) is 11.6 Å². The number of fused-ring (bicyclic) bond motifs is 5. The van der Waals surface area contributed by atoms with Crippen molar-refractivity contribution in [2.24, 2.45) is 23.5 Å². The Hall–Kier alpha value is -3.24. The summed E-state index contributed by atoms with van der Waals surface area (Å²) in [7, 11) is 2.14. The first kappa shape index (κ1) is 22.0. The molecule has 36 heavy (non-hydrogen) atoms. The molecule has 8 nitrogen and oxygen atoms in total. The van der Waals surface area contributed by atoms with E-state index in [1.165, 1.54) is 6.07 Å². The van der Waals surface area contributed by atoms with Crippen molar-refractivity contribution in [1.29, 1.82) is 0 Å². The molecule has 2 aromatic heterocycles. The fourth-order valence-corrected chi connectivity index (χ4v) is 7.47. The molecule has 186 valence electrons. The van der Waals surface area contributed by atoms with E-state index in [4.69, 9.17) is 10.7 Å². The number of benzene rings is 1. The number of likely N-dealkylation sites (N-methyl/N-ethyl adjacent to an activating group) is 1. The predicted octanol–water partition coefficient (Wildman–Crippen LogP) is 3.55. The minimum Gasteiger partial charge on any atom is -0.369 e. The maximum atomic E-state index is 15.2. The molecule has 6 atom stereocenters. The molecule has 3 fully saturated rings. The molecule has 1 saturated carbocycles. The minimum absolute atomic E-state index is 0.0999. The second-order valence-corrected chi connectivity index (χ2v) is 11.4. The van der Waals surface area contributed by atoms with Crippen LogP contribution in [0.5, 0.6) is 0 Å². The Kier molecular flexibility index (Phi) is 4.97. The molecule has 2 saturated heterocycles. The molecule has 2 aliphatic carbocycles. The van der Waals surface area contributed by atoms with Gasteiger partial charge in [-0.25, -0.2) is 9.37 Å². The second-order valence-electron chi connectivity index (χ2n) is 10.5. The lowest BCUT2D eigenvalue weighted by Gasteiger charge is -2.33. The van der Waals surface area contributed by atoms with Gasteiger partial charge in [0.2, 0.25) is 11.9 Å². The minimum atomic E-state index is -0.285. The van der Waals surface area contributed by atoms with Crippen LogP contribution in [0.2, 0.25) is 0 Å². The highest BCUT2D eigenvalue weighted by Crippen LogP contribution is 2.45. The van der Waals surface area contributed by atoms with Crippen LogP contribution in [0.1, 0.15) is 12.8 Å². The van der Waals surface area contributed by atoms with Crippen LogP contribution in [0.4, 0.5) is 27.5 Å². The van der Waals surface area contributed by atoms with E-state index in [2.05, 4.69) is 44.6 Å². The Labute approximate surface area is 212 Å². The summed E-state index contributed by atoms with van der Waals surface area (Å²) in [4.78, 5) is 26.1. The lowest BCUT2D eigenvalue weighted by Crippen LogP contribution is -2.44. The zero-order valence-corrected chi connectivity index (χ0v) is 20.7. The number of aromatic nitrogens is 2. The number of piperazine rings is 1. The number of allylic oxidation sites excluding steroid dienone is 1. The van der Waals surface area contributed by atoms with Crippen molar-refractivity contribution in [3.8, 4) is 0 Å². The van der Waals surface area contributed by atoms with Gasteiger partial charge in [-0.05, 0) is 61.4 Å². The molecule has 0 spiro atoms. The van der Waals surface area contributed by atoms with Crippen LogP contribution < -0.4 is 21.3 Å². The number of hydrogen-bond acceptors (Lipinski definition) is 8. The van der Waals surface area contributed by atoms with Gasteiger partial charge in [0.15, 0.2) is 0 Å². The number of halogens is 1. The number of primary amides is 1. The molecular formula is C26H28FN7OS. The van der Waals surface area contributed by atoms with Gasteiger partial charge in [-0.1, -0.05) is 12.2 Å². The quantitative estimate of drug-likeness (QED) is 0.441. The molecule has 4 aliphatic rings. The number of likely N-dealkylation sites (tertiary alicyclic amines) is 1. The molecule has 10 heteroatoms. The Morgan fingerprint density at radius 1 is 1.14 bits per heavy atom. The Morgan fingerprint density at radius 3 is 2.75 bits per heavy atom. The fraction of sp³-hybridized carbons (Fsp3) is 0.423. The molecule has 1 amide bonds. The number of carbonyl (C=O) groups is 1. The van der Waals surface area contributed by atoms with Crippen molar-refractivity contribution in [2.45, 2.75) is 31.0 Å². The summed E-state index contributed by atoms with van der Waals surface area (Å²) in [6, 6.07) is 7.96. The van der Waals surface area contributed by atoms with Gasteiger partial charge in [0.25, 0.3) is 0 Å². The van der Waals surface area contributed by atoms with E-state index in [0.717, 1.165) is 36.1 Å². The summed E-state index contributed by atoms with van der Waals surface area (Å²) >= 11 is 1.55. The van der Waals surface area contributed by atoms with Gasteiger partial charge in [-0.2, -0.15) is 4.98 Å². The number of rotatable bonds is 6. The van der Waals surface area contributed by atoms with Gasteiger partial charge in [0, 0.05) is 36.9 Å². The van der Waals surface area contributed by atoms with E-state index in [1.807, 2.05) is 23.6 Å². The molecule has 4 bridgehead atoms. The van der Waals surface area contributed by atoms with Crippen molar-refractivity contribution in [1.82, 2.24) is 14.9 Å². The van der Waals surface area contributed by atoms with Gasteiger partial charge in [-0.15, -0.1) is 11.3 Å². The summed E-state index contributed by atoms with van der Waals surface area (Å²) in [5.74, 6) is 0.683. The normalized spacial score (nSPS) is 30.6. The molecular weight excluding hydrogens is 477 g/mol. The average molecular weight is 506 g/mol. The SMILES string of the molecule is CN1CC2CC1CN2c1ccc(Nc2nc(N[C@@H]3C4C=CC(C4)[C@@H]3C(N)=O)c3sccc3n2)cc1F. The first-order valence-electron chi connectivity index (χ1n) is 12.5. The number of thiophene rings is 1. The summed E-state index contributed by atoms with van der Waals surface area (Å²) in [5, 5.41) is 8.68. The number of amides is 1. The van der Waals surface area contributed by atoms with Gasteiger partial charge >= 0.3 is 0 Å². The molecule has 0 radical (unpaired) electrons. The van der Waals surface area contributed by atoms with Crippen LogP contribution in [0, 0.1) is 23.6 Å². The van der Waals surface area contributed by atoms with Crippen molar-refractivity contribution >= 4 is 50.6 Å². The van der Waals surface area contributed by atoms with Crippen LogP contribution in [-0.2, 0) is 4.79 Å². The summed E-state index contributed by atoms with van der Waals surface area (Å²) in [6.45, 7) is 1.84. The smallest absolute Gasteiger partial charge is 0.229 e. The molecule has 4 heterocycles. The monoisotopic (exact) mass is 505 g/mol. The average Bonchev–Trinajstić information content (AvgIpc) is 3.65. The first-order chi connectivity index (χ1) is 17.4. The summed E-state index contributed by atoms with van der Waals surface area (Å²) in [6.07, 6.45) is 6.29. The first-order valence-corrected chi connectivity index (χ1v) is 13.4. The molecule has 4 unspecified atom stereocenters. The highest BCUT2D eigenvalue weighted by Gasteiger charge is 2.48. The van der Waals surface area contributed by atoms with Gasteiger partial charge < -0.3 is 21.3 Å². The van der Waals surface area contributed by atoms with Crippen LogP contribution in [0.15, 0.2) is 41.8 Å². The largest absolute Gasteiger partial charge is 0.369 e. The topological polar surface area (TPSA) is 99.4 Å². The number of nitrogens with one attached hydrogen (secondary N) is 2. The van der Waals surface area contributed by atoms with Crippen LogP contribution in [0.3, 0.4) is 0 Å². The van der Waals surface area contributed by atoms with Crippen LogP contribution in [-0.4, -0.2) is 59.0 Å². The van der Waals surface area contributed by atoms with Crippen LogP contribution in [0.25, 0.3) is 10.2 Å². The summed E-state index contributed by atoms with van der Waals surface area (Å²) in [5.41, 5.74) is 7.80. The van der Waals surface area contributed by atoms with Gasteiger partial charge in [0.05, 0.1) is 21.8 Å². The maximum Gasteiger partial charge on any atom is 0.229 e. The molecule has 1 aromatic carbocycles. The lowest BCUT2D eigenvalue weighted by atomic mass is 9.88. The number of hydrogen-bond donors (Lipinski definition) is 3. The standard InChI is InChI=1S/C26H28FN7OS/c1-33-11-17-10-16(33)12-34(17)20-5-4-15(9-18(20)27)29-26-30-19-6-7-36-23(19)25(32-26)31-22-14-3-2-13(8-14)21(22)24(28)35/h2-7,9,13-14,16-17,21-22H,8,10-12H2,1H3,(H2,28,35)(H2,29,30,31,32)/t13?,14?,16?,17?,21-,22+/m0/s1. The number of nitrogens with zero attached hydrogens (tertiary/aromatic N) is 4. The predicted molar refractivity (Wildman–Crippen MR) is 140 cm³/mol. The van der Waals surface area contributed by atoms with E-state index in [-0.39, 0.29) is 35.5 Å². The van der Waals surface area contributed by atoms with Crippen LogP contribution >= 0.6 is 11.3 Å². The molecule has 3 aromatic rings. The van der Waals surface area contributed by atoms with Gasteiger partial charge in [-0.3, -0.25) is 9.69 Å². The fourth-order valence-electron chi connectivity index (χ4n) is 6.69. The Balaban J connectivity index is 1.15. The lowest BCUT2D eigenvalue weighted by molar-refractivity contribution is -0.122. The Bertz CT molecular complexity index is 1390. The number of nitrogens with two attached hydrogens (primary N) is 1. The summed E-state index contributed by atoms with van der Waals surface area (Å²) < 4.78 is 16.1. The Morgan fingerprint density at radius 2 is 2.00 bits per heavy atom. The van der Waals surface area contributed by atoms with E-state index in [9.17, 15) is 4.79 Å². The zero-order valence-electron chi connectivity index (χ0n) is 19.9. The van der Waals surface area contributed by atoms with E-state index in [1.54, 1.807) is 11.3 Å². The van der Waals surface area contributed by atoms with Crippen molar-refractivity contribution in [3.05, 3.63) is 47.6 Å². The highest BCUT2D eigenvalue weighted by atomic mass is 32.1. The van der Waals surface area contributed by atoms with E-state index in [0.29, 0.717) is 35.2 Å². The second kappa shape index (κ2) is 8.14. The molecule has 4 N–H and O–H groups in total. The molecule has 7 rings (SSSR count). The third-order valence-corrected chi connectivity index (χ3v) is 9.33. The third kappa shape index (κ3) is 3.46. The highest BCUT2D eigenvalue weighted by molar-refractivity contribution is 7.17. The van der Waals surface area contributed by atoms with Crippen molar-refractivity contribution in [2.75, 3.05) is 35.7 Å². The van der Waals surface area contributed by atoms with Crippen molar-refractivity contribution in [3.63, 3.8) is 0 Å². The third-order valence-electron chi connectivity index (χ3n) is 8.42. The number of carbonyl (C=O) groups excluding carboxylic acids is 1. The molecule has 2 aliphatic heterocycles. The van der Waals surface area contributed by atoms with Crippen molar-refractivity contribution < 1.29 is 9.18 Å². The van der Waals surface area contributed by atoms with E-state index >= 15 is 4.39 Å². The maximum absolute atomic E-state index is 15.2. The zero-order chi connectivity index (χ0) is 24.6. The number of anilines is 4.